The maximum atomic E-state index is 5.05. The van der Waals surface area contributed by atoms with Crippen LogP contribution < -0.4 is 5.32 Å². The molecule has 1 N–H and O–H groups in total. The van der Waals surface area contributed by atoms with Gasteiger partial charge in [-0.2, -0.15) is 0 Å². The number of aromatic nitrogens is 3. The Kier molecular flexibility index (Phi) is 5.84. The van der Waals surface area contributed by atoms with Crippen molar-refractivity contribution in [2.75, 3.05) is 45.1 Å². The first-order valence-corrected chi connectivity index (χ1v) is 13.4. The van der Waals surface area contributed by atoms with Gasteiger partial charge in [-0.1, -0.05) is 6.07 Å². The van der Waals surface area contributed by atoms with Crippen molar-refractivity contribution in [2.24, 2.45) is 0 Å². The van der Waals surface area contributed by atoms with Crippen LogP contribution in [0.1, 0.15) is 27.8 Å². The van der Waals surface area contributed by atoms with Crippen molar-refractivity contribution in [3.8, 4) is 11.4 Å². The predicted molar refractivity (Wildman–Crippen MR) is 137 cm³/mol. The third-order valence-corrected chi connectivity index (χ3v) is 8.96. The zero-order valence-electron chi connectivity index (χ0n) is 18.8. The molecule has 0 bridgehead atoms. The molecule has 1 aliphatic carbocycles. The second kappa shape index (κ2) is 9.10. The summed E-state index contributed by atoms with van der Waals surface area (Å²) >= 11 is 3.70. The van der Waals surface area contributed by atoms with E-state index in [9.17, 15) is 0 Å². The summed E-state index contributed by atoms with van der Waals surface area (Å²) in [7, 11) is 2.21. The van der Waals surface area contributed by atoms with Crippen LogP contribution in [0, 0.1) is 0 Å². The molecular formula is C25H28N6S2. The van der Waals surface area contributed by atoms with Crippen LogP contribution in [0.25, 0.3) is 21.6 Å². The Morgan fingerprint density at radius 3 is 2.79 bits per heavy atom. The third-order valence-electron chi connectivity index (χ3n) is 6.80. The van der Waals surface area contributed by atoms with Gasteiger partial charge in [-0.3, -0.25) is 9.88 Å². The molecule has 4 aromatic heterocycles. The number of hydrogen-bond donors (Lipinski definition) is 1. The summed E-state index contributed by atoms with van der Waals surface area (Å²) in [5, 5.41) is 7.22. The highest BCUT2D eigenvalue weighted by Gasteiger charge is 2.27. The van der Waals surface area contributed by atoms with E-state index in [-0.39, 0.29) is 0 Å². The smallest absolute Gasteiger partial charge is 0.164 e. The molecule has 170 valence electrons. The highest BCUT2D eigenvalue weighted by Crippen LogP contribution is 2.40. The van der Waals surface area contributed by atoms with E-state index in [1.807, 2.05) is 41.0 Å². The van der Waals surface area contributed by atoms with Crippen molar-refractivity contribution < 1.29 is 0 Å². The number of hydrogen-bond acceptors (Lipinski definition) is 8. The second-order valence-corrected chi connectivity index (χ2v) is 11.0. The van der Waals surface area contributed by atoms with Crippen LogP contribution in [0.15, 0.2) is 42.0 Å². The number of piperazine rings is 1. The van der Waals surface area contributed by atoms with Gasteiger partial charge in [0.2, 0.25) is 0 Å². The Balaban J connectivity index is 1.36. The average Bonchev–Trinajstić information content (AvgIpc) is 3.59. The van der Waals surface area contributed by atoms with Crippen LogP contribution in [-0.4, -0.2) is 64.5 Å². The number of thiophene rings is 2. The molecule has 1 fully saturated rings. The first kappa shape index (κ1) is 21.2. The summed E-state index contributed by atoms with van der Waals surface area (Å²) in [5.74, 6) is 1.74. The summed E-state index contributed by atoms with van der Waals surface area (Å²) < 4.78 is 0. The van der Waals surface area contributed by atoms with Gasteiger partial charge in [0.05, 0.1) is 11.4 Å². The van der Waals surface area contributed by atoms with Crippen LogP contribution in [0.2, 0.25) is 0 Å². The molecule has 8 heteroatoms. The van der Waals surface area contributed by atoms with Crippen molar-refractivity contribution in [1.29, 1.82) is 0 Å². The lowest BCUT2D eigenvalue weighted by molar-refractivity contribution is 0.118. The van der Waals surface area contributed by atoms with Crippen molar-refractivity contribution in [3.63, 3.8) is 0 Å². The topological polar surface area (TPSA) is 57.2 Å². The molecule has 0 unspecified atom stereocenters. The number of pyridine rings is 1. The van der Waals surface area contributed by atoms with Crippen LogP contribution in [0.3, 0.4) is 0 Å². The molecule has 0 saturated carbocycles. The second-order valence-electron chi connectivity index (χ2n) is 8.93. The molecule has 1 atom stereocenters. The number of anilines is 1. The fourth-order valence-electron chi connectivity index (χ4n) is 4.97. The largest absolute Gasteiger partial charge is 0.367 e. The molecule has 0 radical (unpaired) electrons. The van der Waals surface area contributed by atoms with Gasteiger partial charge in [-0.25, -0.2) is 9.97 Å². The molecule has 0 aromatic carbocycles. The van der Waals surface area contributed by atoms with E-state index in [0.717, 1.165) is 67.6 Å². The lowest BCUT2D eigenvalue weighted by Gasteiger charge is -2.37. The minimum Gasteiger partial charge on any atom is -0.367 e. The Morgan fingerprint density at radius 1 is 1.09 bits per heavy atom. The minimum absolute atomic E-state index is 0.345. The Hall–Kier alpha value is -2.39. The summed E-state index contributed by atoms with van der Waals surface area (Å²) in [6.45, 7) is 5.25. The Morgan fingerprint density at radius 2 is 2.00 bits per heavy atom. The van der Waals surface area contributed by atoms with E-state index >= 15 is 0 Å². The van der Waals surface area contributed by atoms with Gasteiger partial charge in [0, 0.05) is 60.4 Å². The normalized spacial score (nSPS) is 18.0. The molecule has 33 heavy (non-hydrogen) atoms. The van der Waals surface area contributed by atoms with Gasteiger partial charge in [0.15, 0.2) is 5.82 Å². The van der Waals surface area contributed by atoms with Crippen LogP contribution in [-0.2, 0) is 12.8 Å². The first-order valence-electron chi connectivity index (χ1n) is 11.7. The summed E-state index contributed by atoms with van der Waals surface area (Å²) in [6, 6.07) is 8.77. The standard InChI is InChI=1S/C25H28N6S2/c1-30-10-12-31(13-11-30)19(21-8-4-14-32-21)16-27-24-22-18-6-2-7-20(18)33-25(22)29-23(28-24)17-5-3-9-26-15-17/h3-5,8-9,14-15,19H,2,6-7,10-13,16H2,1H3,(H,27,28,29)/t19-/m0/s1. The average molecular weight is 477 g/mol. The molecule has 2 aliphatic rings. The highest BCUT2D eigenvalue weighted by molar-refractivity contribution is 7.19. The van der Waals surface area contributed by atoms with Gasteiger partial charge < -0.3 is 10.2 Å². The fourth-order valence-corrected chi connectivity index (χ4v) is 7.09. The van der Waals surface area contributed by atoms with E-state index < -0.39 is 0 Å². The minimum atomic E-state index is 0.345. The predicted octanol–water partition coefficient (Wildman–Crippen LogP) is 4.70. The van der Waals surface area contributed by atoms with E-state index in [0.29, 0.717) is 6.04 Å². The number of fused-ring (bicyclic) bond motifs is 3. The molecule has 6 rings (SSSR count). The number of likely N-dealkylation sites (N-methyl/N-ethyl adjacent to an activating group) is 1. The number of nitrogens with zero attached hydrogens (tertiary/aromatic N) is 5. The lowest BCUT2D eigenvalue weighted by Crippen LogP contribution is -2.47. The maximum Gasteiger partial charge on any atom is 0.164 e. The highest BCUT2D eigenvalue weighted by atomic mass is 32.1. The maximum absolute atomic E-state index is 5.05. The van der Waals surface area contributed by atoms with Crippen molar-refractivity contribution in [1.82, 2.24) is 24.8 Å². The van der Waals surface area contributed by atoms with Crippen molar-refractivity contribution in [2.45, 2.75) is 25.3 Å². The molecule has 5 heterocycles. The SMILES string of the molecule is CN1CCN([C@@H](CNc2nc(-c3cccnc3)nc3sc4c(c23)CCC4)c2cccs2)CC1. The van der Waals surface area contributed by atoms with Gasteiger partial charge in [0.25, 0.3) is 0 Å². The lowest BCUT2D eigenvalue weighted by atomic mass is 10.1. The number of aryl methyl sites for hydroxylation is 2. The summed E-state index contributed by atoms with van der Waals surface area (Å²) in [4.78, 5) is 23.3. The molecule has 4 aromatic rings. The van der Waals surface area contributed by atoms with E-state index in [1.54, 1.807) is 6.20 Å². The van der Waals surface area contributed by atoms with Crippen LogP contribution >= 0.6 is 22.7 Å². The number of nitrogens with one attached hydrogen (secondary N) is 1. The Bertz CT molecular complexity index is 1230. The molecule has 6 nitrogen and oxygen atoms in total. The first-order chi connectivity index (χ1) is 16.3. The van der Waals surface area contributed by atoms with Crippen molar-refractivity contribution >= 4 is 38.7 Å². The molecule has 0 spiro atoms. The quantitative estimate of drug-likeness (QED) is 0.435. The van der Waals surface area contributed by atoms with Crippen molar-refractivity contribution in [3.05, 3.63) is 57.4 Å². The number of rotatable bonds is 6. The van der Waals surface area contributed by atoms with Crippen LogP contribution in [0.5, 0.6) is 0 Å². The van der Waals surface area contributed by atoms with Gasteiger partial charge >= 0.3 is 0 Å². The van der Waals surface area contributed by atoms with E-state index in [2.05, 4.69) is 44.7 Å². The molecule has 1 saturated heterocycles. The van der Waals surface area contributed by atoms with E-state index in [1.165, 1.54) is 27.1 Å². The van der Waals surface area contributed by atoms with Gasteiger partial charge in [-0.15, -0.1) is 22.7 Å². The van der Waals surface area contributed by atoms with Crippen LogP contribution in [0.4, 0.5) is 5.82 Å². The third kappa shape index (κ3) is 4.17. The van der Waals surface area contributed by atoms with Gasteiger partial charge in [-0.05, 0) is 55.5 Å². The Labute approximate surface area is 202 Å². The molecular weight excluding hydrogens is 448 g/mol. The fraction of sp³-hybridized carbons (Fsp3) is 0.400. The van der Waals surface area contributed by atoms with E-state index in [4.69, 9.17) is 9.97 Å². The van der Waals surface area contributed by atoms with Gasteiger partial charge in [0.1, 0.15) is 10.6 Å². The zero-order chi connectivity index (χ0) is 22.2. The zero-order valence-corrected chi connectivity index (χ0v) is 20.5. The summed E-state index contributed by atoms with van der Waals surface area (Å²) in [5.41, 5.74) is 2.42. The molecule has 0 amide bonds. The summed E-state index contributed by atoms with van der Waals surface area (Å²) in [6.07, 6.45) is 7.18. The monoisotopic (exact) mass is 476 g/mol. The molecule has 1 aliphatic heterocycles.